The fourth-order valence-electron chi connectivity index (χ4n) is 1.17. The van der Waals surface area contributed by atoms with Crippen LogP contribution in [-0.2, 0) is 9.59 Å². The standard InChI is InChI=1S/C10H10N2O6/c13-7-2-1-5(4-11-7)9(16)12-6(10(17)18)3-8(14)15/h1-2,4,6H,3H2,(H,11,13)(H,12,16)(H,14,15)(H,17,18)/t6-/m0/s1. The number of hydrogen-bond donors (Lipinski definition) is 4. The molecule has 1 rings (SSSR count). The van der Waals surface area contributed by atoms with E-state index in [1.54, 1.807) is 0 Å². The molecule has 1 atom stereocenters. The van der Waals surface area contributed by atoms with Gasteiger partial charge in [0.2, 0.25) is 5.56 Å². The molecule has 1 amide bonds. The monoisotopic (exact) mass is 254 g/mol. The summed E-state index contributed by atoms with van der Waals surface area (Å²) in [6.45, 7) is 0. The van der Waals surface area contributed by atoms with Gasteiger partial charge in [0.1, 0.15) is 6.04 Å². The number of H-pyrrole nitrogens is 1. The van der Waals surface area contributed by atoms with Gasteiger partial charge in [0, 0.05) is 12.3 Å². The van der Waals surface area contributed by atoms with E-state index in [0.717, 1.165) is 12.3 Å². The van der Waals surface area contributed by atoms with Crippen molar-refractivity contribution in [2.45, 2.75) is 12.5 Å². The maximum Gasteiger partial charge on any atom is 0.326 e. The molecule has 0 aromatic carbocycles. The van der Waals surface area contributed by atoms with Crippen molar-refractivity contribution in [1.29, 1.82) is 0 Å². The number of carbonyl (C=O) groups is 3. The van der Waals surface area contributed by atoms with Crippen molar-refractivity contribution in [2.75, 3.05) is 0 Å². The third-order valence-corrected chi connectivity index (χ3v) is 2.03. The van der Waals surface area contributed by atoms with Gasteiger partial charge in [-0.3, -0.25) is 14.4 Å². The molecule has 0 saturated carbocycles. The van der Waals surface area contributed by atoms with Crippen LogP contribution >= 0.6 is 0 Å². The number of carboxylic acid groups (broad SMARTS) is 2. The van der Waals surface area contributed by atoms with Crippen LogP contribution in [0, 0.1) is 0 Å². The molecule has 0 radical (unpaired) electrons. The third kappa shape index (κ3) is 3.74. The van der Waals surface area contributed by atoms with Gasteiger partial charge in [-0.2, -0.15) is 0 Å². The van der Waals surface area contributed by atoms with E-state index in [1.165, 1.54) is 6.07 Å². The molecule has 1 aromatic rings. The summed E-state index contributed by atoms with van der Waals surface area (Å²) >= 11 is 0. The minimum atomic E-state index is -1.53. The predicted octanol–water partition coefficient (Wildman–Crippen LogP) is -0.967. The number of aliphatic carboxylic acids is 2. The molecule has 0 aliphatic heterocycles. The third-order valence-electron chi connectivity index (χ3n) is 2.03. The van der Waals surface area contributed by atoms with Crippen LogP contribution in [-0.4, -0.2) is 39.1 Å². The molecule has 0 fully saturated rings. The Morgan fingerprint density at radius 1 is 1.28 bits per heavy atom. The number of rotatable bonds is 5. The number of aromatic amines is 1. The summed E-state index contributed by atoms with van der Waals surface area (Å²) in [4.78, 5) is 45.7. The van der Waals surface area contributed by atoms with E-state index in [4.69, 9.17) is 10.2 Å². The lowest BCUT2D eigenvalue weighted by molar-refractivity contribution is -0.145. The average Bonchev–Trinajstić information content (AvgIpc) is 2.28. The number of carboxylic acids is 2. The van der Waals surface area contributed by atoms with Gasteiger partial charge >= 0.3 is 11.9 Å². The van der Waals surface area contributed by atoms with Crippen LogP contribution < -0.4 is 10.9 Å². The number of nitrogens with one attached hydrogen (secondary N) is 2. The Morgan fingerprint density at radius 2 is 1.94 bits per heavy atom. The summed E-state index contributed by atoms with van der Waals surface area (Å²) < 4.78 is 0. The van der Waals surface area contributed by atoms with E-state index in [9.17, 15) is 19.2 Å². The Labute approximate surface area is 100 Å². The maximum atomic E-state index is 11.6. The average molecular weight is 254 g/mol. The molecule has 0 bridgehead atoms. The second-order valence-corrected chi connectivity index (χ2v) is 3.40. The van der Waals surface area contributed by atoms with Crippen molar-refractivity contribution in [1.82, 2.24) is 10.3 Å². The Morgan fingerprint density at radius 3 is 2.39 bits per heavy atom. The van der Waals surface area contributed by atoms with E-state index in [2.05, 4.69) is 4.98 Å². The van der Waals surface area contributed by atoms with E-state index in [-0.39, 0.29) is 5.56 Å². The second-order valence-electron chi connectivity index (χ2n) is 3.40. The molecule has 1 aromatic heterocycles. The first kappa shape index (κ1) is 13.4. The minimum absolute atomic E-state index is 0.0336. The molecule has 8 nitrogen and oxygen atoms in total. The fourth-order valence-corrected chi connectivity index (χ4v) is 1.17. The van der Waals surface area contributed by atoms with Crippen LogP contribution in [0.15, 0.2) is 23.1 Å². The number of carbonyl (C=O) groups excluding carboxylic acids is 1. The van der Waals surface area contributed by atoms with Gasteiger partial charge in [-0.25, -0.2) is 4.79 Å². The second kappa shape index (κ2) is 5.62. The zero-order valence-corrected chi connectivity index (χ0v) is 9.04. The van der Waals surface area contributed by atoms with Gasteiger partial charge in [-0.1, -0.05) is 0 Å². The van der Waals surface area contributed by atoms with Crippen LogP contribution in [0.1, 0.15) is 16.8 Å². The first-order chi connectivity index (χ1) is 8.40. The fraction of sp³-hybridized carbons (Fsp3) is 0.200. The normalized spacial score (nSPS) is 11.6. The summed E-state index contributed by atoms with van der Waals surface area (Å²) in [6, 6.07) is 0.775. The van der Waals surface area contributed by atoms with E-state index >= 15 is 0 Å². The largest absolute Gasteiger partial charge is 0.481 e. The van der Waals surface area contributed by atoms with Crippen LogP contribution in [0.5, 0.6) is 0 Å². The Balaban J connectivity index is 2.78. The van der Waals surface area contributed by atoms with Crippen molar-refractivity contribution in [3.05, 3.63) is 34.2 Å². The molecule has 0 spiro atoms. The predicted molar refractivity (Wildman–Crippen MR) is 58.2 cm³/mol. The molecule has 0 aliphatic rings. The van der Waals surface area contributed by atoms with Crippen molar-refractivity contribution in [3.63, 3.8) is 0 Å². The van der Waals surface area contributed by atoms with Crippen LogP contribution in [0.4, 0.5) is 0 Å². The van der Waals surface area contributed by atoms with Crippen LogP contribution in [0.25, 0.3) is 0 Å². The topological polar surface area (TPSA) is 137 Å². The number of pyridine rings is 1. The molecule has 96 valence electrons. The van der Waals surface area contributed by atoms with Gasteiger partial charge in [0.05, 0.1) is 12.0 Å². The molecule has 0 saturated heterocycles. The summed E-state index contributed by atoms with van der Waals surface area (Å²) in [6.07, 6.45) is 0.377. The molecule has 0 unspecified atom stereocenters. The van der Waals surface area contributed by atoms with Crippen LogP contribution in [0.2, 0.25) is 0 Å². The lowest BCUT2D eigenvalue weighted by Crippen LogP contribution is -2.42. The zero-order chi connectivity index (χ0) is 13.7. The summed E-state index contributed by atoms with van der Waals surface area (Å²) in [7, 11) is 0. The summed E-state index contributed by atoms with van der Waals surface area (Å²) in [5.41, 5.74) is -0.377. The quantitative estimate of drug-likeness (QED) is 0.533. The van der Waals surface area contributed by atoms with Crippen molar-refractivity contribution < 1.29 is 24.6 Å². The molecular weight excluding hydrogens is 244 g/mol. The van der Waals surface area contributed by atoms with Crippen LogP contribution in [0.3, 0.4) is 0 Å². The van der Waals surface area contributed by atoms with Crippen molar-refractivity contribution in [2.24, 2.45) is 0 Å². The van der Waals surface area contributed by atoms with Gasteiger partial charge in [-0.05, 0) is 6.07 Å². The molecule has 1 heterocycles. The Kier molecular flexibility index (Phi) is 4.19. The highest BCUT2D eigenvalue weighted by atomic mass is 16.4. The molecule has 0 aliphatic carbocycles. The number of amides is 1. The van der Waals surface area contributed by atoms with Crippen molar-refractivity contribution in [3.8, 4) is 0 Å². The lowest BCUT2D eigenvalue weighted by atomic mass is 10.2. The molecule has 8 heteroatoms. The summed E-state index contributed by atoms with van der Waals surface area (Å²) in [5.74, 6) is -3.57. The Bertz CT molecular complexity index is 515. The Hall–Kier alpha value is -2.64. The summed E-state index contributed by atoms with van der Waals surface area (Å²) in [5, 5.41) is 19.3. The molecule has 18 heavy (non-hydrogen) atoms. The van der Waals surface area contributed by atoms with E-state index < -0.39 is 35.9 Å². The van der Waals surface area contributed by atoms with Gasteiger partial charge < -0.3 is 20.5 Å². The SMILES string of the molecule is O=C(O)C[C@H](NC(=O)c1ccc(=O)[nH]c1)C(=O)O. The van der Waals surface area contributed by atoms with E-state index in [0.29, 0.717) is 0 Å². The number of hydrogen-bond acceptors (Lipinski definition) is 4. The smallest absolute Gasteiger partial charge is 0.326 e. The zero-order valence-electron chi connectivity index (χ0n) is 9.04. The first-order valence-electron chi connectivity index (χ1n) is 4.84. The highest BCUT2D eigenvalue weighted by Gasteiger charge is 2.23. The van der Waals surface area contributed by atoms with Crippen molar-refractivity contribution >= 4 is 17.8 Å². The van der Waals surface area contributed by atoms with Gasteiger partial charge in [0.15, 0.2) is 0 Å². The first-order valence-corrected chi connectivity index (χ1v) is 4.84. The maximum absolute atomic E-state index is 11.6. The minimum Gasteiger partial charge on any atom is -0.481 e. The van der Waals surface area contributed by atoms with Gasteiger partial charge in [-0.15, -0.1) is 0 Å². The molecule has 4 N–H and O–H groups in total. The lowest BCUT2D eigenvalue weighted by Gasteiger charge is -2.11. The number of aromatic nitrogens is 1. The highest BCUT2D eigenvalue weighted by Crippen LogP contribution is 1.98. The van der Waals surface area contributed by atoms with Gasteiger partial charge in [0.25, 0.3) is 5.91 Å². The van der Waals surface area contributed by atoms with E-state index in [1.807, 2.05) is 5.32 Å². The highest BCUT2D eigenvalue weighted by molar-refractivity contribution is 5.97. The molecular formula is C10H10N2O6.